The van der Waals surface area contributed by atoms with E-state index in [1.54, 1.807) is 23.1 Å². The lowest BCUT2D eigenvalue weighted by atomic mass is 10.3. The lowest BCUT2D eigenvalue weighted by Gasteiger charge is -2.12. The Bertz CT molecular complexity index is 1040. The first-order chi connectivity index (χ1) is 12.0. The molecule has 2 nitrogen and oxygen atoms in total. The summed E-state index contributed by atoms with van der Waals surface area (Å²) < 4.78 is 3.40. The van der Waals surface area contributed by atoms with Gasteiger partial charge in [0.15, 0.2) is 0 Å². The summed E-state index contributed by atoms with van der Waals surface area (Å²) >= 11 is 15.7. The second kappa shape index (κ2) is 7.83. The van der Waals surface area contributed by atoms with Gasteiger partial charge in [0.2, 0.25) is 5.52 Å². The molecular weight excluding hydrogens is 427 g/mol. The number of aromatic nitrogens is 1. The number of aryl methyl sites for hydroxylation is 1. The SMILES string of the molecule is CN1C(=CC=Cc2sc3ccc(Cl)cc3[n+]2C)Sc2ccc(Cl)cc21.[Cl-]. The maximum atomic E-state index is 6.11. The van der Waals surface area contributed by atoms with Crippen LogP contribution in [0.1, 0.15) is 5.01 Å². The Labute approximate surface area is 177 Å². The molecule has 0 fully saturated rings. The Balaban J connectivity index is 0.00000196. The summed E-state index contributed by atoms with van der Waals surface area (Å²) in [5.41, 5.74) is 2.30. The Kier molecular flexibility index (Phi) is 5.90. The number of thioether (sulfide) groups is 1. The van der Waals surface area contributed by atoms with Gasteiger partial charge in [0, 0.05) is 34.1 Å². The smallest absolute Gasteiger partial charge is 0.262 e. The lowest BCUT2D eigenvalue weighted by Crippen LogP contribution is -3.00. The van der Waals surface area contributed by atoms with E-state index in [-0.39, 0.29) is 12.4 Å². The number of allylic oxidation sites excluding steroid dienone is 2. The number of fused-ring (bicyclic) bond motifs is 2. The van der Waals surface area contributed by atoms with Crippen molar-refractivity contribution in [3.63, 3.8) is 0 Å². The molecule has 2 aromatic carbocycles. The Morgan fingerprint density at radius 2 is 1.81 bits per heavy atom. The summed E-state index contributed by atoms with van der Waals surface area (Å²) in [5.74, 6) is 0. The van der Waals surface area contributed by atoms with Crippen LogP contribution in [-0.4, -0.2) is 7.05 Å². The topological polar surface area (TPSA) is 7.12 Å². The highest BCUT2D eigenvalue weighted by molar-refractivity contribution is 8.03. The standard InChI is InChI=1S/C19H15Cl2N2S2.ClH/c1-22-14-10-12(20)6-8-16(14)24-18(22)4-3-5-19-23(2)15-11-13(21)7-9-17(15)25-19;/h3-11H,1-2H3;1H/q+1;/p-1. The molecule has 0 amide bonds. The molecule has 2 heterocycles. The highest BCUT2D eigenvalue weighted by Gasteiger charge is 2.21. The number of rotatable bonds is 2. The monoisotopic (exact) mass is 440 g/mol. The van der Waals surface area contributed by atoms with Crippen molar-refractivity contribution in [2.24, 2.45) is 7.05 Å². The highest BCUT2D eigenvalue weighted by atomic mass is 35.5. The zero-order valence-corrected chi connectivity index (χ0v) is 17.9. The summed E-state index contributed by atoms with van der Waals surface area (Å²) in [6.07, 6.45) is 6.37. The van der Waals surface area contributed by atoms with Crippen molar-refractivity contribution in [3.8, 4) is 0 Å². The molecule has 1 aromatic heterocycles. The first-order valence-corrected chi connectivity index (χ1v) is 10.1. The van der Waals surface area contributed by atoms with Gasteiger partial charge < -0.3 is 17.3 Å². The minimum atomic E-state index is 0. The van der Waals surface area contributed by atoms with Crippen molar-refractivity contribution < 1.29 is 17.0 Å². The number of hydrogen-bond acceptors (Lipinski definition) is 3. The van der Waals surface area contributed by atoms with Crippen LogP contribution >= 0.6 is 46.3 Å². The molecule has 3 aromatic rings. The average molecular weight is 442 g/mol. The van der Waals surface area contributed by atoms with Crippen molar-refractivity contribution in [2.45, 2.75) is 4.90 Å². The van der Waals surface area contributed by atoms with Gasteiger partial charge in [-0.15, -0.1) is 0 Å². The van der Waals surface area contributed by atoms with Crippen LogP contribution in [-0.2, 0) is 7.05 Å². The summed E-state index contributed by atoms with van der Waals surface area (Å²) in [7, 11) is 4.13. The van der Waals surface area contributed by atoms with Crippen LogP contribution in [0, 0.1) is 0 Å². The first-order valence-electron chi connectivity index (χ1n) is 7.70. The average Bonchev–Trinajstić information content (AvgIpc) is 3.06. The lowest BCUT2D eigenvalue weighted by molar-refractivity contribution is -0.642. The normalized spacial score (nSPS) is 15.1. The van der Waals surface area contributed by atoms with Crippen LogP contribution < -0.4 is 21.9 Å². The summed E-state index contributed by atoms with van der Waals surface area (Å²) in [6.45, 7) is 0. The number of hydrogen-bond donors (Lipinski definition) is 0. The molecule has 7 heteroatoms. The molecule has 4 rings (SSSR count). The van der Waals surface area contributed by atoms with E-state index in [9.17, 15) is 0 Å². The predicted molar refractivity (Wildman–Crippen MR) is 111 cm³/mol. The second-order valence-electron chi connectivity index (χ2n) is 5.75. The summed E-state index contributed by atoms with van der Waals surface area (Å²) in [4.78, 5) is 3.40. The summed E-state index contributed by atoms with van der Waals surface area (Å²) in [5, 5.41) is 3.89. The van der Waals surface area contributed by atoms with Crippen LogP contribution in [0.25, 0.3) is 16.3 Å². The van der Waals surface area contributed by atoms with E-state index < -0.39 is 0 Å². The van der Waals surface area contributed by atoms with Crippen LogP contribution in [0.4, 0.5) is 5.69 Å². The minimum absolute atomic E-state index is 0. The van der Waals surface area contributed by atoms with Gasteiger partial charge >= 0.3 is 0 Å². The third-order valence-electron chi connectivity index (χ3n) is 4.13. The first kappa shape index (κ1) is 19.6. The molecule has 26 heavy (non-hydrogen) atoms. The molecule has 0 N–H and O–H groups in total. The molecule has 0 saturated heterocycles. The zero-order valence-electron chi connectivity index (χ0n) is 14.0. The number of halogens is 3. The fraction of sp³-hybridized carbons (Fsp3) is 0.105. The maximum Gasteiger partial charge on any atom is 0.262 e. The Morgan fingerprint density at radius 1 is 1.08 bits per heavy atom. The molecule has 1 aliphatic rings. The van der Waals surface area contributed by atoms with Crippen molar-refractivity contribution in [1.29, 1.82) is 0 Å². The fourth-order valence-electron chi connectivity index (χ4n) is 2.78. The van der Waals surface area contributed by atoms with Gasteiger partial charge in [-0.2, -0.15) is 4.57 Å². The Hall–Kier alpha value is -1.17. The van der Waals surface area contributed by atoms with Crippen LogP contribution in [0.3, 0.4) is 0 Å². The van der Waals surface area contributed by atoms with E-state index in [1.165, 1.54) is 19.6 Å². The molecule has 1 aliphatic heterocycles. The third-order valence-corrected chi connectivity index (χ3v) is 6.97. The van der Waals surface area contributed by atoms with Crippen LogP contribution in [0.15, 0.2) is 58.5 Å². The molecule has 0 aliphatic carbocycles. The highest BCUT2D eigenvalue weighted by Crippen LogP contribution is 2.45. The van der Waals surface area contributed by atoms with E-state index in [1.807, 2.05) is 24.3 Å². The molecule has 0 saturated carbocycles. The molecule has 0 radical (unpaired) electrons. The molecule has 0 spiro atoms. The van der Waals surface area contributed by atoms with Crippen molar-refractivity contribution in [1.82, 2.24) is 0 Å². The van der Waals surface area contributed by atoms with Gasteiger partial charge in [-0.3, -0.25) is 0 Å². The second-order valence-corrected chi connectivity index (χ2v) is 8.75. The number of nitrogens with zero attached hydrogens (tertiary/aromatic N) is 2. The molecule has 134 valence electrons. The largest absolute Gasteiger partial charge is 1.00 e. The van der Waals surface area contributed by atoms with Gasteiger partial charge in [0.1, 0.15) is 11.7 Å². The zero-order chi connectivity index (χ0) is 17.6. The fourth-order valence-corrected chi connectivity index (χ4v) is 5.20. The predicted octanol–water partition coefficient (Wildman–Crippen LogP) is 3.13. The summed E-state index contributed by atoms with van der Waals surface area (Å²) in [6, 6.07) is 12.0. The van der Waals surface area contributed by atoms with E-state index in [0.29, 0.717) is 0 Å². The molecule has 0 atom stereocenters. The number of anilines is 1. The van der Waals surface area contributed by atoms with Crippen molar-refractivity contribution in [2.75, 3.05) is 11.9 Å². The molecule has 0 bridgehead atoms. The van der Waals surface area contributed by atoms with Gasteiger partial charge in [-0.1, -0.05) is 52.4 Å². The Morgan fingerprint density at radius 3 is 2.62 bits per heavy atom. The van der Waals surface area contributed by atoms with Gasteiger partial charge in [0.05, 0.1) is 10.7 Å². The van der Waals surface area contributed by atoms with Gasteiger partial charge in [-0.25, -0.2) is 0 Å². The third kappa shape index (κ3) is 3.62. The van der Waals surface area contributed by atoms with Crippen molar-refractivity contribution >= 4 is 68.3 Å². The molecular formula is C19H15Cl3N2S2. The van der Waals surface area contributed by atoms with Gasteiger partial charge in [0.25, 0.3) is 5.01 Å². The van der Waals surface area contributed by atoms with E-state index >= 15 is 0 Å². The van der Waals surface area contributed by atoms with Crippen LogP contribution in [0.5, 0.6) is 0 Å². The van der Waals surface area contributed by atoms with Crippen LogP contribution in [0.2, 0.25) is 10.0 Å². The van der Waals surface area contributed by atoms with E-state index in [0.717, 1.165) is 21.2 Å². The van der Waals surface area contributed by atoms with Gasteiger partial charge in [-0.05, 0) is 36.4 Å². The quantitative estimate of drug-likeness (QED) is 0.564. The minimum Gasteiger partial charge on any atom is -1.00 e. The van der Waals surface area contributed by atoms with E-state index in [2.05, 4.69) is 53.9 Å². The number of thiazole rings is 1. The maximum absolute atomic E-state index is 6.11. The van der Waals surface area contributed by atoms with Crippen molar-refractivity contribution in [3.05, 3.63) is 68.6 Å². The number of benzene rings is 2. The van der Waals surface area contributed by atoms with E-state index in [4.69, 9.17) is 23.2 Å². The molecule has 0 unspecified atom stereocenters.